The van der Waals surface area contributed by atoms with Crippen molar-refractivity contribution in [1.29, 1.82) is 0 Å². The van der Waals surface area contributed by atoms with Crippen molar-refractivity contribution in [2.45, 2.75) is 26.3 Å². The maximum absolute atomic E-state index is 11.8. The van der Waals surface area contributed by atoms with Crippen molar-refractivity contribution in [2.24, 2.45) is 17.5 Å². The van der Waals surface area contributed by atoms with Crippen LogP contribution in [0.2, 0.25) is 0 Å². The molecule has 0 spiro atoms. The molecule has 0 unspecified atom stereocenters. The van der Waals surface area contributed by atoms with E-state index in [0.29, 0.717) is 19.6 Å². The van der Waals surface area contributed by atoms with Crippen molar-refractivity contribution in [3.8, 4) is 0 Å². The molecule has 7 heteroatoms. The fourth-order valence-corrected chi connectivity index (χ4v) is 1.66. The Morgan fingerprint density at radius 3 is 2.58 bits per heavy atom. The highest BCUT2D eigenvalue weighted by Crippen LogP contribution is 2.25. The lowest BCUT2D eigenvalue weighted by molar-refractivity contribution is -1.17. The molecule has 110 valence electrons. The molecule has 0 aromatic heterocycles. The molecule has 5 N–H and O–H groups in total. The molecule has 0 radical (unpaired) electrons. The Bertz CT molecular complexity index is 345. The van der Waals surface area contributed by atoms with Gasteiger partial charge in [-0.3, -0.25) is 4.79 Å². The van der Waals surface area contributed by atoms with Gasteiger partial charge in [0.05, 0.1) is 0 Å². The lowest BCUT2D eigenvalue weighted by atomic mass is 10.0. The summed E-state index contributed by atoms with van der Waals surface area (Å²) in [5.41, 5.74) is 5.06. The van der Waals surface area contributed by atoms with Crippen molar-refractivity contribution in [3.63, 3.8) is 0 Å². The number of hydrogen-bond donors (Lipinski definition) is 3. The zero-order chi connectivity index (χ0) is 14.7. The Kier molecular flexibility index (Phi) is 4.92. The second kappa shape index (κ2) is 5.87. The summed E-state index contributed by atoms with van der Waals surface area (Å²) in [5, 5.41) is 4.49. The molecule has 0 atom stereocenters. The van der Waals surface area contributed by atoms with E-state index in [1.165, 1.54) is 6.20 Å². The van der Waals surface area contributed by atoms with Crippen LogP contribution in [0, 0.1) is 5.92 Å². The first-order chi connectivity index (χ1) is 8.68. The van der Waals surface area contributed by atoms with Crippen molar-refractivity contribution in [3.05, 3.63) is 12.3 Å². The predicted molar refractivity (Wildman–Crippen MR) is 72.6 cm³/mol. The van der Waals surface area contributed by atoms with Gasteiger partial charge in [-0.25, -0.2) is 0 Å². The van der Waals surface area contributed by atoms with Crippen LogP contribution in [0.5, 0.6) is 0 Å². The first kappa shape index (κ1) is 15.9. The van der Waals surface area contributed by atoms with E-state index in [1.54, 1.807) is 11.1 Å². The first-order valence-electron chi connectivity index (χ1n) is 6.41. The minimum Gasteiger partial charge on any atom is -0.405 e. The number of nitrogens with one attached hydrogen (secondary N) is 1. The summed E-state index contributed by atoms with van der Waals surface area (Å²) in [7, 11) is 1.84. The molecular formula is C12H26N5O2+. The van der Waals surface area contributed by atoms with Crippen molar-refractivity contribution in [1.82, 2.24) is 10.4 Å². The van der Waals surface area contributed by atoms with Crippen LogP contribution in [0.3, 0.4) is 0 Å². The van der Waals surface area contributed by atoms with Crippen LogP contribution in [0.4, 0.5) is 0 Å². The molecule has 1 aliphatic rings. The van der Waals surface area contributed by atoms with Crippen molar-refractivity contribution < 1.29 is 14.5 Å². The van der Waals surface area contributed by atoms with Crippen molar-refractivity contribution in [2.75, 3.05) is 26.7 Å². The molecule has 0 saturated carbocycles. The number of amides is 1. The number of quaternary nitrogens is 1. The summed E-state index contributed by atoms with van der Waals surface area (Å²) in [4.78, 5) is 17.4. The van der Waals surface area contributed by atoms with E-state index in [9.17, 15) is 4.79 Å². The smallest absolute Gasteiger partial charge is 0.235 e. The largest absolute Gasteiger partial charge is 0.405 e. The quantitative estimate of drug-likeness (QED) is 0.355. The molecule has 7 nitrogen and oxygen atoms in total. The molecule has 1 aliphatic heterocycles. The Morgan fingerprint density at radius 1 is 1.53 bits per heavy atom. The Hall–Kier alpha value is -1.15. The summed E-state index contributed by atoms with van der Waals surface area (Å²) in [6.07, 6.45) is 3.09. The van der Waals surface area contributed by atoms with Gasteiger partial charge in [-0.2, -0.15) is 0 Å². The van der Waals surface area contributed by atoms with Crippen LogP contribution in [-0.2, 0) is 9.73 Å². The van der Waals surface area contributed by atoms with E-state index in [-0.39, 0.29) is 22.1 Å². The highest BCUT2D eigenvalue weighted by Gasteiger charge is 2.50. The van der Waals surface area contributed by atoms with E-state index >= 15 is 0 Å². The second-order valence-corrected chi connectivity index (χ2v) is 5.94. The van der Waals surface area contributed by atoms with Gasteiger partial charge >= 0.3 is 0 Å². The third kappa shape index (κ3) is 4.46. The van der Waals surface area contributed by atoms with E-state index in [2.05, 4.69) is 5.32 Å². The lowest BCUT2D eigenvalue weighted by Crippen LogP contribution is -2.72. The molecule has 19 heavy (non-hydrogen) atoms. The van der Waals surface area contributed by atoms with Crippen LogP contribution >= 0.6 is 0 Å². The highest BCUT2D eigenvalue weighted by molar-refractivity contribution is 5.79. The van der Waals surface area contributed by atoms with Gasteiger partial charge in [0.25, 0.3) is 0 Å². The number of carbonyl (C=O) groups is 1. The Morgan fingerprint density at radius 2 is 2.11 bits per heavy atom. The molecule has 1 saturated heterocycles. The molecule has 1 amide bonds. The number of hydroxylamine groups is 4. The average Bonchev–Trinajstić information content (AvgIpc) is 2.24. The number of carbonyl (C=O) groups excluding carboxylic acids is 1. The van der Waals surface area contributed by atoms with Crippen LogP contribution in [0.1, 0.15) is 20.8 Å². The SMILES string of the molecule is CN(O[N+]1(N)CC(C(=O)NC/C=C/N)C1)C(C)(C)C. The Labute approximate surface area is 114 Å². The van der Waals surface area contributed by atoms with Gasteiger partial charge in [0, 0.05) is 19.1 Å². The summed E-state index contributed by atoms with van der Waals surface area (Å²) in [6, 6.07) is 0. The van der Waals surface area contributed by atoms with Crippen LogP contribution < -0.4 is 16.9 Å². The third-order valence-corrected chi connectivity index (χ3v) is 3.19. The average molecular weight is 272 g/mol. The number of rotatable bonds is 5. The maximum Gasteiger partial charge on any atom is 0.235 e. The van der Waals surface area contributed by atoms with Gasteiger partial charge < -0.3 is 11.1 Å². The summed E-state index contributed by atoms with van der Waals surface area (Å²) in [6.45, 7) is 7.48. The minimum atomic E-state index is -0.135. The van der Waals surface area contributed by atoms with E-state index in [4.69, 9.17) is 16.5 Å². The molecule has 1 heterocycles. The summed E-state index contributed by atoms with van der Waals surface area (Å²) < 4.78 is -0.0570. The summed E-state index contributed by atoms with van der Waals surface area (Å²) in [5.74, 6) is 5.92. The zero-order valence-electron chi connectivity index (χ0n) is 12.2. The topological polar surface area (TPSA) is 93.6 Å². The third-order valence-electron chi connectivity index (χ3n) is 3.19. The fraction of sp³-hybridized carbons (Fsp3) is 0.750. The molecular weight excluding hydrogens is 246 g/mol. The van der Waals surface area contributed by atoms with Gasteiger partial charge in [-0.15, -0.1) is 10.9 Å². The lowest BCUT2D eigenvalue weighted by Gasteiger charge is -2.44. The number of nitrogens with two attached hydrogens (primary N) is 2. The molecule has 0 bridgehead atoms. The van der Waals surface area contributed by atoms with Gasteiger partial charge in [0.15, 0.2) is 0 Å². The number of hydrogen-bond acceptors (Lipinski definition) is 5. The molecule has 1 fully saturated rings. The maximum atomic E-state index is 11.8. The monoisotopic (exact) mass is 272 g/mol. The van der Waals surface area contributed by atoms with Gasteiger partial charge in [0.1, 0.15) is 19.0 Å². The van der Waals surface area contributed by atoms with Gasteiger partial charge in [-0.05, 0) is 33.0 Å². The normalized spacial score (nSPS) is 27.6. The van der Waals surface area contributed by atoms with Crippen LogP contribution in [0.15, 0.2) is 12.3 Å². The van der Waals surface area contributed by atoms with Crippen LogP contribution in [-0.4, -0.2) is 47.9 Å². The summed E-state index contributed by atoms with van der Waals surface area (Å²) >= 11 is 0. The molecule has 0 aromatic rings. The molecule has 0 aromatic carbocycles. The second-order valence-electron chi connectivity index (χ2n) is 5.94. The molecule has 1 rings (SSSR count). The zero-order valence-corrected chi connectivity index (χ0v) is 12.2. The first-order valence-corrected chi connectivity index (χ1v) is 6.41. The van der Waals surface area contributed by atoms with Crippen LogP contribution in [0.25, 0.3) is 0 Å². The molecule has 0 aliphatic carbocycles. The predicted octanol–water partition coefficient (Wildman–Crippen LogP) is -0.528. The van der Waals surface area contributed by atoms with E-state index in [0.717, 1.165) is 0 Å². The van der Waals surface area contributed by atoms with Gasteiger partial charge in [0.2, 0.25) is 5.91 Å². The highest BCUT2D eigenvalue weighted by atomic mass is 16.9. The van der Waals surface area contributed by atoms with E-state index in [1.807, 2.05) is 27.8 Å². The fourth-order valence-electron chi connectivity index (χ4n) is 1.66. The van der Waals surface area contributed by atoms with E-state index < -0.39 is 0 Å². The Balaban J connectivity index is 2.37. The minimum absolute atomic E-state index is 0.0145. The standard InChI is InChI=1S/C12H25N5O2/c1-12(2,3)16(4)19-17(14)8-10(9-17)11(18)15-7-5-6-13/h5-6,10H,7-9,13-14H2,1-4H3/p+1/b6-5+. The van der Waals surface area contributed by atoms with Gasteiger partial charge in [-0.1, -0.05) is 9.69 Å². The number of nitrogens with zero attached hydrogens (tertiary/aromatic N) is 2. The van der Waals surface area contributed by atoms with Crippen molar-refractivity contribution >= 4 is 5.91 Å².